The fraction of sp³-hybridized carbons (Fsp3) is 0.250. The molecular weight excluding hydrogens is 365 g/mol. The second kappa shape index (κ2) is 6.41. The third-order valence-corrected chi connectivity index (χ3v) is 4.33. The predicted octanol–water partition coefficient (Wildman–Crippen LogP) is 6.35. The Morgan fingerprint density at radius 3 is 2.29 bits per heavy atom. The number of alkyl halides is 4. The van der Waals surface area contributed by atoms with Crippen molar-refractivity contribution in [1.29, 1.82) is 0 Å². The minimum absolute atomic E-state index is 0.00735. The molecule has 0 spiro atoms. The van der Waals surface area contributed by atoms with Crippen LogP contribution in [0.3, 0.4) is 0 Å². The molecule has 0 saturated carbocycles. The van der Waals surface area contributed by atoms with Crippen molar-refractivity contribution in [1.82, 2.24) is 0 Å². The van der Waals surface area contributed by atoms with Crippen LogP contribution in [0.1, 0.15) is 27.1 Å². The third kappa shape index (κ3) is 4.24. The van der Waals surface area contributed by atoms with E-state index in [1.54, 1.807) is 0 Å². The number of hydrogen-bond acceptors (Lipinski definition) is 0. The molecule has 0 saturated heterocycles. The summed E-state index contributed by atoms with van der Waals surface area (Å²) < 4.78 is 37.6. The molecular formula is C16H13BrClF3. The normalized spacial score (nSPS) is 13.2. The highest BCUT2D eigenvalue weighted by atomic mass is 79.9. The highest BCUT2D eigenvalue weighted by Crippen LogP contribution is 2.33. The SMILES string of the molecule is Cc1ccc(Cl)cc1C(Br)Cc1ccc(C(F)(F)F)cc1. The van der Waals surface area contributed by atoms with Crippen molar-refractivity contribution in [3.05, 3.63) is 69.7 Å². The van der Waals surface area contributed by atoms with E-state index in [0.717, 1.165) is 28.8 Å². The number of rotatable bonds is 3. The van der Waals surface area contributed by atoms with Gasteiger partial charge in [-0.3, -0.25) is 0 Å². The van der Waals surface area contributed by atoms with Crippen LogP contribution in [0.25, 0.3) is 0 Å². The first-order chi connectivity index (χ1) is 9.77. The minimum Gasteiger partial charge on any atom is -0.166 e. The summed E-state index contributed by atoms with van der Waals surface area (Å²) in [6.45, 7) is 1.98. The van der Waals surface area contributed by atoms with E-state index in [2.05, 4.69) is 15.9 Å². The molecule has 0 nitrogen and oxygen atoms in total. The van der Waals surface area contributed by atoms with Gasteiger partial charge in [-0.15, -0.1) is 0 Å². The van der Waals surface area contributed by atoms with E-state index >= 15 is 0 Å². The zero-order valence-corrected chi connectivity index (χ0v) is 13.6. The van der Waals surface area contributed by atoms with E-state index in [0.29, 0.717) is 11.4 Å². The molecule has 0 aliphatic rings. The molecule has 0 N–H and O–H groups in total. The molecule has 5 heteroatoms. The van der Waals surface area contributed by atoms with E-state index in [4.69, 9.17) is 11.6 Å². The molecule has 112 valence electrons. The minimum atomic E-state index is -4.30. The maximum absolute atomic E-state index is 12.5. The van der Waals surface area contributed by atoms with Gasteiger partial charge in [0.25, 0.3) is 0 Å². The van der Waals surface area contributed by atoms with Gasteiger partial charge in [-0.1, -0.05) is 45.7 Å². The quantitative estimate of drug-likeness (QED) is 0.547. The highest BCUT2D eigenvalue weighted by molar-refractivity contribution is 9.09. The summed E-state index contributed by atoms with van der Waals surface area (Å²) in [5.41, 5.74) is 2.34. The van der Waals surface area contributed by atoms with Gasteiger partial charge in [0.1, 0.15) is 0 Å². The average Bonchev–Trinajstić information content (AvgIpc) is 2.41. The monoisotopic (exact) mass is 376 g/mol. The number of hydrogen-bond donors (Lipinski definition) is 0. The van der Waals surface area contributed by atoms with Crippen molar-refractivity contribution in [2.24, 2.45) is 0 Å². The first-order valence-electron chi connectivity index (χ1n) is 6.33. The lowest BCUT2D eigenvalue weighted by molar-refractivity contribution is -0.137. The lowest BCUT2D eigenvalue weighted by Gasteiger charge is -2.14. The summed E-state index contributed by atoms with van der Waals surface area (Å²) in [5, 5.41) is 0.646. The Hall–Kier alpha value is -1.00. The Labute approximate surface area is 135 Å². The molecule has 1 atom stereocenters. The molecule has 1 unspecified atom stereocenters. The Morgan fingerprint density at radius 2 is 1.71 bits per heavy atom. The van der Waals surface area contributed by atoms with Crippen LogP contribution < -0.4 is 0 Å². The van der Waals surface area contributed by atoms with Gasteiger partial charge in [-0.2, -0.15) is 13.2 Å². The molecule has 0 bridgehead atoms. The Morgan fingerprint density at radius 1 is 1.10 bits per heavy atom. The van der Waals surface area contributed by atoms with Crippen LogP contribution in [-0.4, -0.2) is 0 Å². The van der Waals surface area contributed by atoms with Crippen molar-refractivity contribution in [2.75, 3.05) is 0 Å². The van der Waals surface area contributed by atoms with E-state index in [-0.39, 0.29) is 4.83 Å². The molecule has 2 rings (SSSR count). The first kappa shape index (κ1) is 16.4. The van der Waals surface area contributed by atoms with E-state index < -0.39 is 11.7 Å². The second-order valence-corrected chi connectivity index (χ2v) is 6.41. The van der Waals surface area contributed by atoms with Crippen LogP contribution in [-0.2, 0) is 12.6 Å². The third-order valence-electron chi connectivity index (χ3n) is 3.27. The molecule has 0 radical (unpaired) electrons. The fourth-order valence-corrected chi connectivity index (χ4v) is 3.14. The Balaban J connectivity index is 2.16. The van der Waals surface area contributed by atoms with Crippen LogP contribution in [0.15, 0.2) is 42.5 Å². The van der Waals surface area contributed by atoms with Gasteiger partial charge >= 0.3 is 6.18 Å². The highest BCUT2D eigenvalue weighted by Gasteiger charge is 2.30. The molecule has 0 aliphatic carbocycles. The summed E-state index contributed by atoms with van der Waals surface area (Å²) in [5.74, 6) is 0. The smallest absolute Gasteiger partial charge is 0.166 e. The summed E-state index contributed by atoms with van der Waals surface area (Å²) in [4.78, 5) is 0.00735. The predicted molar refractivity (Wildman–Crippen MR) is 83.0 cm³/mol. The lowest BCUT2D eigenvalue weighted by atomic mass is 10.00. The van der Waals surface area contributed by atoms with Crippen LogP contribution in [0.4, 0.5) is 13.2 Å². The van der Waals surface area contributed by atoms with Crippen LogP contribution in [0, 0.1) is 6.92 Å². The van der Waals surface area contributed by atoms with Gasteiger partial charge in [0.15, 0.2) is 0 Å². The van der Waals surface area contributed by atoms with Gasteiger partial charge in [-0.05, 0) is 54.3 Å². The second-order valence-electron chi connectivity index (χ2n) is 4.87. The number of benzene rings is 2. The summed E-state index contributed by atoms with van der Waals surface area (Å²) in [7, 11) is 0. The molecule has 2 aromatic carbocycles. The maximum atomic E-state index is 12.5. The zero-order valence-electron chi connectivity index (χ0n) is 11.2. The zero-order chi connectivity index (χ0) is 15.6. The molecule has 0 amide bonds. The van der Waals surface area contributed by atoms with Gasteiger partial charge in [0.2, 0.25) is 0 Å². The van der Waals surface area contributed by atoms with Crippen molar-refractivity contribution < 1.29 is 13.2 Å². The largest absolute Gasteiger partial charge is 0.416 e. The fourth-order valence-electron chi connectivity index (χ4n) is 2.10. The van der Waals surface area contributed by atoms with Crippen LogP contribution in [0.5, 0.6) is 0 Å². The molecule has 0 heterocycles. The standard InChI is InChI=1S/C16H13BrClF3/c1-10-2-7-13(18)9-14(10)15(17)8-11-3-5-12(6-4-11)16(19,20)21/h2-7,9,15H,8H2,1H3. The summed E-state index contributed by atoms with van der Waals surface area (Å²) in [6.07, 6.45) is -3.70. The topological polar surface area (TPSA) is 0 Å². The van der Waals surface area contributed by atoms with Gasteiger partial charge in [-0.25, -0.2) is 0 Å². The molecule has 0 aliphatic heterocycles. The van der Waals surface area contributed by atoms with Gasteiger partial charge < -0.3 is 0 Å². The van der Waals surface area contributed by atoms with Crippen molar-refractivity contribution >= 4 is 27.5 Å². The molecule has 2 aromatic rings. The molecule has 0 fully saturated rings. The van der Waals surface area contributed by atoms with E-state index in [1.807, 2.05) is 25.1 Å². The van der Waals surface area contributed by atoms with Crippen LogP contribution in [0.2, 0.25) is 5.02 Å². The molecule has 0 aromatic heterocycles. The lowest BCUT2D eigenvalue weighted by Crippen LogP contribution is -2.05. The Bertz CT molecular complexity index is 620. The number of aryl methyl sites for hydroxylation is 1. The van der Waals surface area contributed by atoms with Crippen molar-refractivity contribution in [3.63, 3.8) is 0 Å². The molecule has 21 heavy (non-hydrogen) atoms. The maximum Gasteiger partial charge on any atom is 0.416 e. The first-order valence-corrected chi connectivity index (χ1v) is 7.63. The van der Waals surface area contributed by atoms with Gasteiger partial charge in [0.05, 0.1) is 5.56 Å². The Kier molecular flexibility index (Phi) is 4.99. The van der Waals surface area contributed by atoms with Crippen LogP contribution >= 0.6 is 27.5 Å². The number of halogens is 5. The average molecular weight is 378 g/mol. The van der Waals surface area contributed by atoms with E-state index in [1.165, 1.54) is 12.1 Å². The van der Waals surface area contributed by atoms with E-state index in [9.17, 15) is 13.2 Å². The van der Waals surface area contributed by atoms with Crippen molar-refractivity contribution in [2.45, 2.75) is 24.3 Å². The van der Waals surface area contributed by atoms with Gasteiger partial charge in [0, 0.05) is 9.85 Å². The summed E-state index contributed by atoms with van der Waals surface area (Å²) in [6, 6.07) is 10.9. The van der Waals surface area contributed by atoms with Crippen molar-refractivity contribution in [3.8, 4) is 0 Å². The summed E-state index contributed by atoms with van der Waals surface area (Å²) >= 11 is 9.57.